The minimum atomic E-state index is -2.61. The summed E-state index contributed by atoms with van der Waals surface area (Å²) in [6.45, 7) is 0. The Morgan fingerprint density at radius 2 is 0.367 bits per heavy atom. The fourth-order valence-electron chi connectivity index (χ4n) is 4.21. The third-order valence-electron chi connectivity index (χ3n) is 5.77. The van der Waals surface area contributed by atoms with Gasteiger partial charge in [0.05, 0.1) is 66.8 Å². The van der Waals surface area contributed by atoms with Crippen LogP contribution in [0.3, 0.4) is 0 Å². The minimum absolute atomic E-state index is 1.96. The molecular formula is C24H10O25. The molecule has 0 bridgehead atoms. The second-order valence-electron chi connectivity index (χ2n) is 8.36. The van der Waals surface area contributed by atoms with Gasteiger partial charge in [0.1, 0.15) is 0 Å². The lowest BCUT2D eigenvalue weighted by Crippen LogP contribution is -2.29. The van der Waals surface area contributed by atoms with Gasteiger partial charge >= 0.3 is 71.6 Å². The number of rotatable bonds is 14. The maximum Gasteiger partial charge on any atom is 0.379 e. The van der Waals surface area contributed by atoms with E-state index in [-0.39, 0.29) is 0 Å². The average molecular weight is 698 g/mol. The summed E-state index contributed by atoms with van der Waals surface area (Å²) in [4.78, 5) is 152. The molecule has 2 rings (SSSR count). The van der Waals surface area contributed by atoms with Crippen LogP contribution in [0.15, 0.2) is 0 Å². The Hall–Kier alpha value is -7.96. The van der Waals surface area contributed by atoms with Gasteiger partial charge in [-0.2, -0.15) is 0 Å². The topological polar surface area (TPSA) is 435 Å². The lowest BCUT2D eigenvalue weighted by Gasteiger charge is -2.17. The van der Waals surface area contributed by atoms with Crippen LogP contribution in [0.4, 0.5) is 0 Å². The highest BCUT2D eigenvalue weighted by Crippen LogP contribution is 2.32. The van der Waals surface area contributed by atoms with Crippen molar-refractivity contribution in [1.82, 2.24) is 0 Å². The fraction of sp³-hybridized carbons (Fsp3) is 0. The van der Waals surface area contributed by atoms with E-state index in [2.05, 4.69) is 14.8 Å². The molecule has 0 atom stereocenters. The van der Waals surface area contributed by atoms with Crippen LogP contribution in [-0.2, 0) is 14.8 Å². The van der Waals surface area contributed by atoms with Crippen LogP contribution >= 0.6 is 0 Å². The molecule has 0 saturated carbocycles. The molecule has 0 unspecified atom stereocenters. The maximum absolute atomic E-state index is 12.8. The molecule has 0 aliphatic rings. The number of aromatic carboxylic acids is 10. The van der Waals surface area contributed by atoms with E-state index in [9.17, 15) is 109 Å². The summed E-state index contributed by atoms with van der Waals surface area (Å²) in [7, 11) is 0. The van der Waals surface area contributed by atoms with Crippen LogP contribution in [-0.4, -0.2) is 123 Å². The molecule has 2 aromatic rings. The molecule has 0 saturated heterocycles. The number of carboxylic acid groups (broad SMARTS) is 10. The molecule has 0 aliphatic carbocycles. The van der Waals surface area contributed by atoms with E-state index in [1.165, 1.54) is 0 Å². The van der Waals surface area contributed by atoms with Gasteiger partial charge in [0.15, 0.2) is 0 Å². The Kier molecular flexibility index (Phi) is 10.3. The molecule has 0 aliphatic heterocycles. The van der Waals surface area contributed by atoms with E-state index in [1.807, 2.05) is 0 Å². The van der Waals surface area contributed by atoms with E-state index >= 15 is 0 Å². The summed E-state index contributed by atoms with van der Waals surface area (Å²) in [5.41, 5.74) is -24.4. The van der Waals surface area contributed by atoms with Crippen LogP contribution in [0.25, 0.3) is 0 Å². The smallest absolute Gasteiger partial charge is 0.379 e. The van der Waals surface area contributed by atoms with Crippen molar-refractivity contribution in [1.29, 1.82) is 0 Å². The molecule has 25 heteroatoms. The van der Waals surface area contributed by atoms with Crippen LogP contribution in [0.5, 0.6) is 0 Å². The van der Waals surface area contributed by atoms with E-state index < -0.39 is 138 Å². The molecule has 25 nitrogen and oxygen atoms in total. The van der Waals surface area contributed by atoms with Gasteiger partial charge in [-0.25, -0.2) is 57.5 Å². The normalized spacial score (nSPS) is 10.3. The zero-order valence-electron chi connectivity index (χ0n) is 22.6. The first-order valence-corrected chi connectivity index (χ1v) is 11.4. The molecule has 0 radical (unpaired) electrons. The van der Waals surface area contributed by atoms with Crippen LogP contribution in [0.2, 0.25) is 0 Å². The second-order valence-corrected chi connectivity index (χ2v) is 8.36. The fourth-order valence-corrected chi connectivity index (χ4v) is 4.21. The quantitative estimate of drug-likeness (QED) is 0.0880. The number of hydrogen-bond acceptors (Lipinski definition) is 15. The van der Waals surface area contributed by atoms with Crippen molar-refractivity contribution in [2.24, 2.45) is 0 Å². The highest BCUT2D eigenvalue weighted by atomic mass is 17.5. The van der Waals surface area contributed by atoms with Crippen molar-refractivity contribution in [3.05, 3.63) is 66.8 Å². The zero-order chi connectivity index (χ0) is 38.0. The number of hydrogen-bond donors (Lipinski definition) is 10. The third kappa shape index (κ3) is 6.55. The summed E-state index contributed by atoms with van der Waals surface area (Å²) in [5.74, 6) is -31.0. The summed E-state index contributed by atoms with van der Waals surface area (Å²) in [5, 5.41) is 98.3. The third-order valence-corrected chi connectivity index (χ3v) is 5.77. The highest BCUT2D eigenvalue weighted by Gasteiger charge is 2.43. The highest BCUT2D eigenvalue weighted by molar-refractivity contribution is 6.24. The SMILES string of the molecule is O=C(O)c1c(C(=O)O)c(C(=O)O)c(C(=O)OOOC(=O)c2c(C(=O)O)c(C(=O)O)c(C(=O)O)c(C(=O)O)c2C(=O)O)c(C(=O)O)c1C(=O)O. The van der Waals surface area contributed by atoms with Crippen molar-refractivity contribution in [2.45, 2.75) is 0 Å². The van der Waals surface area contributed by atoms with Crippen molar-refractivity contribution < 1.29 is 123 Å². The van der Waals surface area contributed by atoms with Crippen molar-refractivity contribution >= 4 is 71.6 Å². The lowest BCUT2D eigenvalue weighted by molar-refractivity contribution is -0.446. The second kappa shape index (κ2) is 13.6. The maximum atomic E-state index is 12.8. The molecule has 2 aromatic carbocycles. The Labute approximate surface area is 262 Å². The number of carbonyl (C=O) groups excluding carboxylic acids is 2. The summed E-state index contributed by atoms with van der Waals surface area (Å²) in [6, 6.07) is 0. The Morgan fingerprint density at radius 3 is 0.490 bits per heavy atom. The van der Waals surface area contributed by atoms with Crippen molar-refractivity contribution in [3.8, 4) is 0 Å². The zero-order valence-corrected chi connectivity index (χ0v) is 22.6. The van der Waals surface area contributed by atoms with Gasteiger partial charge in [-0.05, 0) is 0 Å². The van der Waals surface area contributed by atoms with Gasteiger partial charge in [-0.1, -0.05) is 0 Å². The predicted molar refractivity (Wildman–Crippen MR) is 134 cm³/mol. The first-order valence-electron chi connectivity index (χ1n) is 11.4. The van der Waals surface area contributed by atoms with Gasteiger partial charge in [-0.3, -0.25) is 9.78 Å². The molecule has 0 spiro atoms. The van der Waals surface area contributed by atoms with Crippen LogP contribution in [0, 0.1) is 0 Å². The molecular weight excluding hydrogens is 688 g/mol. The Morgan fingerprint density at radius 1 is 0.245 bits per heavy atom. The first-order chi connectivity index (χ1) is 22.5. The van der Waals surface area contributed by atoms with Gasteiger partial charge in [0.25, 0.3) is 0 Å². The predicted octanol–water partition coefficient (Wildman–Crippen LogP) is -0.471. The lowest BCUT2D eigenvalue weighted by atomic mass is 9.86. The van der Waals surface area contributed by atoms with Crippen molar-refractivity contribution in [3.63, 3.8) is 0 Å². The van der Waals surface area contributed by atoms with E-state index in [4.69, 9.17) is 0 Å². The summed E-state index contributed by atoms with van der Waals surface area (Å²) < 4.78 is 0. The Bertz CT molecular complexity index is 1750. The monoisotopic (exact) mass is 698 g/mol. The minimum Gasteiger partial charge on any atom is -0.478 e. The summed E-state index contributed by atoms with van der Waals surface area (Å²) in [6.07, 6.45) is 0. The average Bonchev–Trinajstić information content (AvgIpc) is 2.96. The molecule has 0 fully saturated rings. The first kappa shape index (κ1) is 37.2. The van der Waals surface area contributed by atoms with Gasteiger partial charge in [0.2, 0.25) is 0 Å². The number of carbonyl (C=O) groups is 12. The molecule has 0 aromatic heterocycles. The van der Waals surface area contributed by atoms with E-state index in [0.29, 0.717) is 0 Å². The van der Waals surface area contributed by atoms with Crippen LogP contribution in [0.1, 0.15) is 124 Å². The largest absolute Gasteiger partial charge is 0.478 e. The standard InChI is InChI=1S/C24H10O25/c25-13(26)1-3(15(29)30)7(19(37)38)11(8(20(39)40)4(1)16(31)32)23(45)47-49-48-24(46)12-9(21(41)42)5(17(33)34)2(14(27)28)6(18(35)36)10(12)22(43)44/h(H,25,26)(H,27,28)(H,29,30)(H,31,32)(H,33,34)(H,35,36)(H,37,38)(H,39,40)(H,41,42)(H,43,44). The van der Waals surface area contributed by atoms with Crippen LogP contribution < -0.4 is 0 Å². The molecule has 0 heterocycles. The Balaban J connectivity index is 2.90. The van der Waals surface area contributed by atoms with Gasteiger partial charge < -0.3 is 51.1 Å². The van der Waals surface area contributed by atoms with E-state index in [0.717, 1.165) is 0 Å². The number of benzene rings is 2. The van der Waals surface area contributed by atoms with Gasteiger partial charge in [-0.15, -0.1) is 0 Å². The molecule has 10 N–H and O–H groups in total. The van der Waals surface area contributed by atoms with Gasteiger partial charge in [0, 0.05) is 5.04 Å². The summed E-state index contributed by atoms with van der Waals surface area (Å²) >= 11 is 0. The molecule has 0 amide bonds. The molecule has 49 heavy (non-hydrogen) atoms. The molecule has 256 valence electrons. The number of carboxylic acids is 10. The van der Waals surface area contributed by atoms with Crippen molar-refractivity contribution in [2.75, 3.05) is 0 Å². The van der Waals surface area contributed by atoms with E-state index in [1.54, 1.807) is 0 Å².